The molecule has 0 aromatic heterocycles. The fraction of sp³-hybridized carbons (Fsp3) is 0.385. The molecule has 4 N–H and O–H groups in total. The highest BCUT2D eigenvalue weighted by molar-refractivity contribution is 5.95. The predicted molar refractivity (Wildman–Crippen MR) is 75.9 cm³/mol. The Bertz CT molecular complexity index is 506. The highest BCUT2D eigenvalue weighted by Crippen LogP contribution is 2.20. The summed E-state index contributed by atoms with van der Waals surface area (Å²) < 4.78 is 0. The van der Waals surface area contributed by atoms with Gasteiger partial charge in [0.25, 0.3) is 0 Å². The van der Waals surface area contributed by atoms with Crippen molar-refractivity contribution in [3.05, 3.63) is 24.3 Å². The summed E-state index contributed by atoms with van der Waals surface area (Å²) in [5.74, 6) is 0. The number of amides is 4. The average molecular weight is 278 g/mol. The van der Waals surface area contributed by atoms with Crippen LogP contribution in [0.1, 0.15) is 6.92 Å². The first-order valence-corrected chi connectivity index (χ1v) is 6.44. The summed E-state index contributed by atoms with van der Waals surface area (Å²) in [5.41, 5.74) is 1.32. The number of carbonyl (C=O) groups is 2. The molecule has 0 spiro atoms. The number of urea groups is 2. The van der Waals surface area contributed by atoms with Crippen molar-refractivity contribution in [2.75, 3.05) is 29.9 Å². The Kier molecular flexibility index (Phi) is 4.41. The van der Waals surface area contributed by atoms with Gasteiger partial charge in [0.1, 0.15) is 0 Å². The average Bonchev–Trinajstić information content (AvgIpc) is 2.85. The standard InChI is InChI=1S/C13H18N4O3/c1-9(8-18)15-12(19)16-10-3-2-4-11(7-10)17-6-5-14-13(17)20/h2-4,7,9,18H,5-6,8H2,1H3,(H,14,20)(H2,15,16,19)/t9-/m1/s1. The molecule has 0 aliphatic carbocycles. The second kappa shape index (κ2) is 6.25. The summed E-state index contributed by atoms with van der Waals surface area (Å²) in [6.07, 6.45) is 0. The van der Waals surface area contributed by atoms with Crippen molar-refractivity contribution < 1.29 is 14.7 Å². The van der Waals surface area contributed by atoms with E-state index < -0.39 is 6.03 Å². The molecule has 1 aromatic rings. The van der Waals surface area contributed by atoms with Gasteiger partial charge in [-0.25, -0.2) is 9.59 Å². The fourth-order valence-electron chi connectivity index (χ4n) is 1.91. The molecule has 2 rings (SSSR count). The number of aliphatic hydroxyl groups excluding tert-OH is 1. The zero-order valence-corrected chi connectivity index (χ0v) is 11.2. The smallest absolute Gasteiger partial charge is 0.321 e. The van der Waals surface area contributed by atoms with E-state index in [9.17, 15) is 9.59 Å². The van der Waals surface area contributed by atoms with Crippen LogP contribution in [0, 0.1) is 0 Å². The maximum atomic E-state index is 11.7. The summed E-state index contributed by atoms with van der Waals surface area (Å²) in [4.78, 5) is 24.8. The van der Waals surface area contributed by atoms with Crippen LogP contribution in [0.4, 0.5) is 21.0 Å². The summed E-state index contributed by atoms with van der Waals surface area (Å²) in [6, 6.07) is 6.20. The molecule has 0 bridgehead atoms. The van der Waals surface area contributed by atoms with Crippen LogP contribution in [0.15, 0.2) is 24.3 Å². The van der Waals surface area contributed by atoms with Crippen molar-refractivity contribution in [3.63, 3.8) is 0 Å². The van der Waals surface area contributed by atoms with Crippen molar-refractivity contribution in [1.29, 1.82) is 0 Å². The van der Waals surface area contributed by atoms with E-state index in [0.29, 0.717) is 18.8 Å². The number of aliphatic hydroxyl groups is 1. The zero-order valence-electron chi connectivity index (χ0n) is 11.2. The number of rotatable bonds is 4. The van der Waals surface area contributed by atoms with Crippen LogP contribution in [-0.2, 0) is 0 Å². The summed E-state index contributed by atoms with van der Waals surface area (Å²) in [6.45, 7) is 2.80. The van der Waals surface area contributed by atoms with Gasteiger partial charge in [0.2, 0.25) is 0 Å². The van der Waals surface area contributed by atoms with Gasteiger partial charge in [0, 0.05) is 24.5 Å². The lowest BCUT2D eigenvalue weighted by atomic mass is 10.2. The molecule has 108 valence electrons. The summed E-state index contributed by atoms with van der Waals surface area (Å²) >= 11 is 0. The Balaban J connectivity index is 2.02. The first-order chi connectivity index (χ1) is 9.60. The third-order valence-electron chi connectivity index (χ3n) is 2.92. The molecule has 20 heavy (non-hydrogen) atoms. The topological polar surface area (TPSA) is 93.7 Å². The number of benzene rings is 1. The predicted octanol–water partition coefficient (Wildman–Crippen LogP) is 0.718. The largest absolute Gasteiger partial charge is 0.394 e. The molecule has 1 heterocycles. The molecule has 0 radical (unpaired) electrons. The lowest BCUT2D eigenvalue weighted by Gasteiger charge is -2.16. The molecule has 7 nitrogen and oxygen atoms in total. The molecule has 0 unspecified atom stereocenters. The number of nitrogens with zero attached hydrogens (tertiary/aromatic N) is 1. The maximum Gasteiger partial charge on any atom is 0.321 e. The molecule has 1 aromatic carbocycles. The number of carbonyl (C=O) groups excluding carboxylic acids is 2. The van der Waals surface area contributed by atoms with Gasteiger partial charge in [0.15, 0.2) is 0 Å². The molecule has 1 aliphatic rings. The number of anilines is 2. The van der Waals surface area contributed by atoms with Crippen LogP contribution in [0.25, 0.3) is 0 Å². The van der Waals surface area contributed by atoms with Crippen LogP contribution in [0.5, 0.6) is 0 Å². The van der Waals surface area contributed by atoms with Crippen molar-refractivity contribution >= 4 is 23.4 Å². The molecular formula is C13H18N4O3. The first kappa shape index (κ1) is 14.1. The van der Waals surface area contributed by atoms with E-state index in [1.165, 1.54) is 0 Å². The molecule has 1 atom stereocenters. The van der Waals surface area contributed by atoms with E-state index in [1.54, 1.807) is 30.0 Å². The monoisotopic (exact) mass is 278 g/mol. The van der Waals surface area contributed by atoms with Crippen LogP contribution in [0.3, 0.4) is 0 Å². The Morgan fingerprint density at radius 3 is 3.00 bits per heavy atom. The van der Waals surface area contributed by atoms with Crippen LogP contribution in [-0.4, -0.2) is 42.9 Å². The van der Waals surface area contributed by atoms with Gasteiger partial charge in [-0.15, -0.1) is 0 Å². The fourth-order valence-corrected chi connectivity index (χ4v) is 1.91. The second-order valence-corrected chi connectivity index (χ2v) is 4.62. The van der Waals surface area contributed by atoms with E-state index in [1.807, 2.05) is 6.07 Å². The van der Waals surface area contributed by atoms with E-state index in [-0.39, 0.29) is 18.7 Å². The van der Waals surface area contributed by atoms with Crippen molar-refractivity contribution in [2.24, 2.45) is 0 Å². The summed E-state index contributed by atoms with van der Waals surface area (Å²) in [7, 11) is 0. The van der Waals surface area contributed by atoms with Crippen LogP contribution in [0.2, 0.25) is 0 Å². The highest BCUT2D eigenvalue weighted by atomic mass is 16.3. The number of nitrogens with one attached hydrogen (secondary N) is 3. The molecule has 4 amide bonds. The Labute approximate surface area is 117 Å². The van der Waals surface area contributed by atoms with Gasteiger partial charge in [0.05, 0.1) is 12.6 Å². The van der Waals surface area contributed by atoms with Crippen LogP contribution >= 0.6 is 0 Å². The molecule has 1 fully saturated rings. The van der Waals surface area contributed by atoms with E-state index >= 15 is 0 Å². The molecule has 1 saturated heterocycles. The van der Waals surface area contributed by atoms with Crippen LogP contribution < -0.4 is 20.9 Å². The third kappa shape index (κ3) is 3.39. The van der Waals surface area contributed by atoms with Crippen molar-refractivity contribution in [3.8, 4) is 0 Å². The van der Waals surface area contributed by atoms with Crippen molar-refractivity contribution in [2.45, 2.75) is 13.0 Å². The Hall–Kier alpha value is -2.28. The lowest BCUT2D eigenvalue weighted by molar-refractivity contribution is 0.229. The van der Waals surface area contributed by atoms with Gasteiger partial charge >= 0.3 is 12.1 Å². The quantitative estimate of drug-likeness (QED) is 0.653. The maximum absolute atomic E-state index is 11.7. The van der Waals surface area contributed by atoms with Gasteiger partial charge in [-0.2, -0.15) is 0 Å². The normalized spacial score (nSPS) is 15.7. The molecule has 1 aliphatic heterocycles. The molecule has 0 saturated carbocycles. The number of hydrogen-bond acceptors (Lipinski definition) is 3. The van der Waals surface area contributed by atoms with E-state index in [0.717, 1.165) is 5.69 Å². The van der Waals surface area contributed by atoms with Gasteiger partial charge in [-0.1, -0.05) is 6.07 Å². The molecule has 7 heteroatoms. The lowest BCUT2D eigenvalue weighted by Crippen LogP contribution is -2.38. The van der Waals surface area contributed by atoms with E-state index in [2.05, 4.69) is 16.0 Å². The highest BCUT2D eigenvalue weighted by Gasteiger charge is 2.21. The second-order valence-electron chi connectivity index (χ2n) is 4.62. The minimum atomic E-state index is -0.394. The van der Waals surface area contributed by atoms with Gasteiger partial charge in [-0.05, 0) is 25.1 Å². The zero-order chi connectivity index (χ0) is 14.5. The number of hydrogen-bond donors (Lipinski definition) is 4. The van der Waals surface area contributed by atoms with Crippen molar-refractivity contribution in [1.82, 2.24) is 10.6 Å². The first-order valence-electron chi connectivity index (χ1n) is 6.44. The Morgan fingerprint density at radius 1 is 1.55 bits per heavy atom. The SMILES string of the molecule is C[C@H](CO)NC(=O)Nc1cccc(N2CCNC2=O)c1. The minimum Gasteiger partial charge on any atom is -0.394 e. The van der Waals surface area contributed by atoms with E-state index in [4.69, 9.17) is 5.11 Å². The van der Waals surface area contributed by atoms with Gasteiger partial charge < -0.3 is 21.1 Å². The third-order valence-corrected chi connectivity index (χ3v) is 2.92. The Morgan fingerprint density at radius 2 is 2.35 bits per heavy atom. The van der Waals surface area contributed by atoms with Gasteiger partial charge in [-0.3, -0.25) is 4.90 Å². The molecular weight excluding hydrogens is 260 g/mol. The minimum absolute atomic E-state index is 0.124. The summed E-state index contributed by atoms with van der Waals surface area (Å²) in [5, 5.41) is 16.8.